The molecule has 0 unspecified atom stereocenters. The van der Waals surface area contributed by atoms with Crippen molar-refractivity contribution in [3.8, 4) is 0 Å². The lowest BCUT2D eigenvalue weighted by Gasteiger charge is -2.18. The fourth-order valence-electron chi connectivity index (χ4n) is 3.38. The molecule has 1 aliphatic heterocycles. The first-order valence-electron chi connectivity index (χ1n) is 8.62. The summed E-state index contributed by atoms with van der Waals surface area (Å²) in [6, 6.07) is 8.10. The van der Waals surface area contributed by atoms with Crippen LogP contribution in [0.1, 0.15) is 39.0 Å². The zero-order valence-electron chi connectivity index (χ0n) is 13.7. The number of hydrogen-bond acceptors (Lipinski definition) is 3. The molecular formula is C18H26N2O2S. The number of rotatable bonds is 4. The van der Waals surface area contributed by atoms with Gasteiger partial charge in [-0.15, -0.1) is 11.8 Å². The Kier molecular flexibility index (Phi) is 5.49. The number of urea groups is 1. The van der Waals surface area contributed by atoms with Crippen LogP contribution in [0, 0.1) is 5.92 Å². The molecule has 1 saturated heterocycles. The van der Waals surface area contributed by atoms with Crippen LogP contribution in [-0.2, 0) is 0 Å². The molecular weight excluding hydrogens is 308 g/mol. The Morgan fingerprint density at radius 3 is 2.57 bits per heavy atom. The van der Waals surface area contributed by atoms with Crippen LogP contribution in [0.2, 0.25) is 0 Å². The normalized spacial score (nSPS) is 23.2. The maximum atomic E-state index is 12.3. The molecule has 1 saturated carbocycles. The van der Waals surface area contributed by atoms with E-state index in [0.717, 1.165) is 23.9 Å². The maximum Gasteiger partial charge on any atom is 0.321 e. The second kappa shape index (κ2) is 7.58. The number of nitrogens with one attached hydrogen (secondary N) is 1. The molecule has 23 heavy (non-hydrogen) atoms. The summed E-state index contributed by atoms with van der Waals surface area (Å²) >= 11 is 1.96. The number of benzene rings is 1. The molecule has 2 atom stereocenters. The second-order valence-corrected chi connectivity index (χ2v) is 8.09. The first kappa shape index (κ1) is 16.7. The molecule has 0 radical (unpaired) electrons. The van der Waals surface area contributed by atoms with Gasteiger partial charge in [0.1, 0.15) is 0 Å². The number of carbonyl (C=O) groups excluding carboxylic acids is 1. The summed E-state index contributed by atoms with van der Waals surface area (Å²) in [6.45, 7) is 3.16. The lowest BCUT2D eigenvalue weighted by Crippen LogP contribution is -2.34. The first-order chi connectivity index (χ1) is 11.1. The van der Waals surface area contributed by atoms with Crippen molar-refractivity contribution in [3.63, 3.8) is 0 Å². The number of aliphatic hydroxyl groups is 1. The van der Waals surface area contributed by atoms with Gasteiger partial charge in [-0.25, -0.2) is 4.79 Å². The Hall–Kier alpha value is -1.20. The zero-order valence-corrected chi connectivity index (χ0v) is 14.5. The number of likely N-dealkylation sites (tertiary alicyclic amines) is 1. The van der Waals surface area contributed by atoms with E-state index in [-0.39, 0.29) is 18.1 Å². The third kappa shape index (κ3) is 4.42. The minimum Gasteiger partial charge on any atom is -0.393 e. The molecule has 1 aliphatic carbocycles. The molecule has 3 rings (SSSR count). The molecule has 1 heterocycles. The van der Waals surface area contributed by atoms with E-state index in [1.807, 2.05) is 23.9 Å². The third-order valence-electron chi connectivity index (χ3n) is 4.90. The molecule has 1 aromatic carbocycles. The highest BCUT2D eigenvalue weighted by Crippen LogP contribution is 2.35. The van der Waals surface area contributed by atoms with Gasteiger partial charge in [-0.3, -0.25) is 0 Å². The molecule has 0 bridgehead atoms. The highest BCUT2D eigenvalue weighted by Gasteiger charge is 2.29. The number of aliphatic hydroxyl groups excluding tert-OH is 1. The number of nitrogens with zero attached hydrogens (tertiary/aromatic N) is 1. The van der Waals surface area contributed by atoms with Crippen molar-refractivity contribution in [1.29, 1.82) is 0 Å². The third-order valence-corrected chi connectivity index (χ3v) is 6.25. The van der Waals surface area contributed by atoms with E-state index in [1.54, 1.807) is 11.8 Å². The van der Waals surface area contributed by atoms with Crippen LogP contribution in [0.5, 0.6) is 0 Å². The number of hydrogen-bond donors (Lipinski definition) is 2. The molecule has 126 valence electrons. The number of amides is 2. The summed E-state index contributed by atoms with van der Waals surface area (Å²) in [4.78, 5) is 15.3. The van der Waals surface area contributed by atoms with E-state index in [2.05, 4.69) is 17.4 Å². The summed E-state index contributed by atoms with van der Waals surface area (Å²) in [6.07, 6.45) is 5.89. The molecule has 0 spiro atoms. The van der Waals surface area contributed by atoms with Crippen molar-refractivity contribution >= 4 is 23.5 Å². The Morgan fingerprint density at radius 2 is 1.96 bits per heavy atom. The smallest absolute Gasteiger partial charge is 0.321 e. The van der Waals surface area contributed by atoms with E-state index in [4.69, 9.17) is 0 Å². The van der Waals surface area contributed by atoms with Gasteiger partial charge in [-0.1, -0.05) is 12.8 Å². The van der Waals surface area contributed by atoms with E-state index in [0.29, 0.717) is 6.54 Å². The van der Waals surface area contributed by atoms with Gasteiger partial charge in [-0.2, -0.15) is 0 Å². The van der Waals surface area contributed by atoms with E-state index < -0.39 is 0 Å². The Labute approximate surface area is 142 Å². The van der Waals surface area contributed by atoms with Gasteiger partial charge in [-0.05, 0) is 50.5 Å². The van der Waals surface area contributed by atoms with Crippen LogP contribution in [0.15, 0.2) is 29.2 Å². The fourth-order valence-corrected chi connectivity index (χ4v) is 4.63. The summed E-state index contributed by atoms with van der Waals surface area (Å²) in [7, 11) is 0. The van der Waals surface area contributed by atoms with Gasteiger partial charge in [0.15, 0.2) is 0 Å². The topological polar surface area (TPSA) is 52.6 Å². The molecule has 2 aliphatic rings. The first-order valence-corrected chi connectivity index (χ1v) is 9.50. The monoisotopic (exact) mass is 334 g/mol. The van der Waals surface area contributed by atoms with Crippen molar-refractivity contribution in [2.24, 2.45) is 5.92 Å². The van der Waals surface area contributed by atoms with Crippen molar-refractivity contribution in [3.05, 3.63) is 24.3 Å². The van der Waals surface area contributed by atoms with Gasteiger partial charge in [0.05, 0.1) is 6.10 Å². The van der Waals surface area contributed by atoms with Crippen molar-refractivity contribution in [1.82, 2.24) is 4.90 Å². The lowest BCUT2D eigenvalue weighted by molar-refractivity contribution is 0.130. The summed E-state index contributed by atoms with van der Waals surface area (Å²) in [5.41, 5.74) is 0.839. The second-order valence-electron chi connectivity index (χ2n) is 6.71. The van der Waals surface area contributed by atoms with Crippen molar-refractivity contribution in [2.75, 3.05) is 18.4 Å². The molecule has 2 fully saturated rings. The molecule has 1 aromatic rings. The van der Waals surface area contributed by atoms with Crippen LogP contribution < -0.4 is 5.32 Å². The van der Waals surface area contributed by atoms with Gasteiger partial charge in [0.25, 0.3) is 0 Å². The van der Waals surface area contributed by atoms with Gasteiger partial charge >= 0.3 is 6.03 Å². The predicted molar refractivity (Wildman–Crippen MR) is 94.9 cm³/mol. The quantitative estimate of drug-likeness (QED) is 0.876. The van der Waals surface area contributed by atoms with Crippen molar-refractivity contribution < 1.29 is 9.90 Å². The lowest BCUT2D eigenvalue weighted by atomic mass is 10.0. The van der Waals surface area contributed by atoms with Crippen LogP contribution in [0.4, 0.5) is 10.5 Å². The van der Waals surface area contributed by atoms with Gasteiger partial charge in [0.2, 0.25) is 0 Å². The minimum absolute atomic E-state index is 0.0654. The summed E-state index contributed by atoms with van der Waals surface area (Å²) in [5, 5.41) is 13.4. The standard InChI is InChI=1S/C18H26N2O2S/c1-13(21)14-10-11-20(12-14)18(22)19-15-6-8-17(9-7-15)23-16-4-2-3-5-16/h6-9,13-14,16,21H,2-5,10-12H2,1H3,(H,19,22)/t13-,14-/m1/s1. The van der Waals surface area contributed by atoms with Crippen LogP contribution in [0.3, 0.4) is 0 Å². The molecule has 5 heteroatoms. The Bertz CT molecular complexity index is 526. The van der Waals surface area contributed by atoms with Crippen LogP contribution in [-0.4, -0.2) is 40.5 Å². The Morgan fingerprint density at radius 1 is 1.26 bits per heavy atom. The highest BCUT2D eigenvalue weighted by molar-refractivity contribution is 8.00. The van der Waals surface area contributed by atoms with Crippen LogP contribution in [0.25, 0.3) is 0 Å². The predicted octanol–water partition coefficient (Wildman–Crippen LogP) is 3.96. The average Bonchev–Trinajstić information content (AvgIpc) is 3.20. The number of thioether (sulfide) groups is 1. The fraction of sp³-hybridized carbons (Fsp3) is 0.611. The summed E-state index contributed by atoms with van der Waals surface area (Å²) < 4.78 is 0. The van der Waals surface area contributed by atoms with Gasteiger partial charge in [0, 0.05) is 34.8 Å². The van der Waals surface area contributed by atoms with E-state index in [1.165, 1.54) is 30.6 Å². The number of carbonyl (C=O) groups is 1. The average molecular weight is 334 g/mol. The van der Waals surface area contributed by atoms with Crippen molar-refractivity contribution in [2.45, 2.75) is 55.3 Å². The molecule has 2 N–H and O–H groups in total. The zero-order chi connectivity index (χ0) is 16.2. The Balaban J connectivity index is 1.50. The maximum absolute atomic E-state index is 12.3. The molecule has 2 amide bonds. The van der Waals surface area contributed by atoms with E-state index >= 15 is 0 Å². The SMILES string of the molecule is C[C@@H](O)[C@@H]1CCN(C(=O)Nc2ccc(SC3CCCC3)cc2)C1. The molecule has 4 nitrogen and oxygen atoms in total. The largest absolute Gasteiger partial charge is 0.393 e. The number of anilines is 1. The van der Waals surface area contributed by atoms with E-state index in [9.17, 15) is 9.90 Å². The molecule has 0 aromatic heterocycles. The van der Waals surface area contributed by atoms with Gasteiger partial charge < -0.3 is 15.3 Å². The summed E-state index contributed by atoms with van der Waals surface area (Å²) in [5.74, 6) is 0.200. The highest BCUT2D eigenvalue weighted by atomic mass is 32.2. The van der Waals surface area contributed by atoms with Crippen LogP contribution >= 0.6 is 11.8 Å². The minimum atomic E-state index is -0.348.